The molecule has 1 aliphatic rings. The summed E-state index contributed by atoms with van der Waals surface area (Å²) < 4.78 is 0. The molecule has 120 valence electrons. The number of hydrogen-bond acceptors (Lipinski definition) is 2. The van der Waals surface area contributed by atoms with Crippen LogP contribution < -0.4 is 0 Å². The van der Waals surface area contributed by atoms with Crippen LogP contribution in [0.1, 0.15) is 25.3 Å². The summed E-state index contributed by atoms with van der Waals surface area (Å²) >= 11 is 0. The lowest BCUT2D eigenvalue weighted by Crippen LogP contribution is -2.39. The summed E-state index contributed by atoms with van der Waals surface area (Å²) in [5.74, 6) is -1.36. The predicted octanol–water partition coefficient (Wildman–Crippen LogP) is 3.09. The van der Waals surface area contributed by atoms with Gasteiger partial charge in [-0.1, -0.05) is 49.4 Å². The third-order valence-electron chi connectivity index (χ3n) is 4.37. The zero-order chi connectivity index (χ0) is 16.4. The molecule has 2 aromatic carbocycles. The Hall–Kier alpha value is -2.36. The molecule has 0 aromatic heterocycles. The Morgan fingerprint density at radius 1 is 1.17 bits per heavy atom. The predicted molar refractivity (Wildman–Crippen MR) is 89.2 cm³/mol. The molecule has 1 unspecified atom stereocenters. The summed E-state index contributed by atoms with van der Waals surface area (Å²) in [7, 11) is 0. The molecule has 0 aliphatic heterocycles. The highest BCUT2D eigenvalue weighted by Gasteiger charge is 2.34. The van der Waals surface area contributed by atoms with Crippen LogP contribution in [0.2, 0.25) is 0 Å². The van der Waals surface area contributed by atoms with Crippen molar-refractivity contribution in [3.8, 4) is 0 Å². The molecule has 1 amide bonds. The summed E-state index contributed by atoms with van der Waals surface area (Å²) in [4.78, 5) is 25.4. The van der Waals surface area contributed by atoms with Crippen molar-refractivity contribution in [1.82, 2.24) is 4.90 Å². The van der Waals surface area contributed by atoms with E-state index in [1.165, 1.54) is 0 Å². The monoisotopic (exact) mass is 311 g/mol. The van der Waals surface area contributed by atoms with Gasteiger partial charge in [0.25, 0.3) is 0 Å². The van der Waals surface area contributed by atoms with E-state index in [9.17, 15) is 9.59 Å². The minimum atomic E-state index is -0.853. The van der Waals surface area contributed by atoms with Crippen LogP contribution in [0, 0.1) is 5.92 Å². The van der Waals surface area contributed by atoms with Crippen LogP contribution in [-0.4, -0.2) is 34.5 Å². The molecule has 4 nitrogen and oxygen atoms in total. The number of fused-ring (bicyclic) bond motifs is 1. The van der Waals surface area contributed by atoms with Crippen molar-refractivity contribution < 1.29 is 14.7 Å². The second-order valence-corrected chi connectivity index (χ2v) is 6.37. The van der Waals surface area contributed by atoms with Gasteiger partial charge < -0.3 is 10.0 Å². The smallest absolute Gasteiger partial charge is 0.308 e. The van der Waals surface area contributed by atoms with Gasteiger partial charge in [-0.25, -0.2) is 0 Å². The number of benzene rings is 2. The Morgan fingerprint density at radius 3 is 2.52 bits per heavy atom. The number of carbonyl (C=O) groups is 2. The van der Waals surface area contributed by atoms with Crippen LogP contribution in [-0.2, 0) is 16.0 Å². The van der Waals surface area contributed by atoms with E-state index in [-0.39, 0.29) is 11.9 Å². The van der Waals surface area contributed by atoms with Crippen molar-refractivity contribution in [2.75, 3.05) is 6.54 Å². The summed E-state index contributed by atoms with van der Waals surface area (Å²) in [5.41, 5.74) is 0.974. The van der Waals surface area contributed by atoms with Gasteiger partial charge in [-0.15, -0.1) is 0 Å². The molecule has 0 saturated heterocycles. The van der Waals surface area contributed by atoms with Gasteiger partial charge in [-0.2, -0.15) is 0 Å². The Bertz CT molecular complexity index is 736. The van der Waals surface area contributed by atoms with Crippen molar-refractivity contribution in [2.24, 2.45) is 5.92 Å². The van der Waals surface area contributed by atoms with Crippen molar-refractivity contribution >= 4 is 22.6 Å². The first-order valence-corrected chi connectivity index (χ1v) is 8.04. The van der Waals surface area contributed by atoms with E-state index < -0.39 is 11.9 Å². The molecule has 1 N–H and O–H groups in total. The SMILES string of the molecule is CC(CN(C(=O)Cc1ccc2ccccc2c1)C1CC1)C(=O)O. The topological polar surface area (TPSA) is 57.6 Å². The second-order valence-electron chi connectivity index (χ2n) is 6.37. The molecule has 2 aromatic rings. The maximum atomic E-state index is 12.6. The molecular formula is C19H21NO3. The van der Waals surface area contributed by atoms with Crippen molar-refractivity contribution in [1.29, 1.82) is 0 Å². The van der Waals surface area contributed by atoms with Gasteiger partial charge in [0.15, 0.2) is 0 Å². The molecule has 0 radical (unpaired) electrons. The van der Waals surface area contributed by atoms with Gasteiger partial charge in [-0.3, -0.25) is 9.59 Å². The Morgan fingerprint density at radius 2 is 1.87 bits per heavy atom. The average Bonchev–Trinajstić information content (AvgIpc) is 3.36. The van der Waals surface area contributed by atoms with E-state index in [1.54, 1.807) is 11.8 Å². The number of amides is 1. The first kappa shape index (κ1) is 15.5. The van der Waals surface area contributed by atoms with Gasteiger partial charge in [-0.05, 0) is 29.2 Å². The van der Waals surface area contributed by atoms with E-state index >= 15 is 0 Å². The first-order chi connectivity index (χ1) is 11.0. The van der Waals surface area contributed by atoms with Crippen molar-refractivity contribution in [2.45, 2.75) is 32.2 Å². The highest BCUT2D eigenvalue weighted by molar-refractivity contribution is 5.85. The van der Waals surface area contributed by atoms with Crippen LogP contribution in [0.15, 0.2) is 42.5 Å². The molecule has 0 spiro atoms. The summed E-state index contributed by atoms with van der Waals surface area (Å²) in [6, 6.07) is 14.3. The highest BCUT2D eigenvalue weighted by Crippen LogP contribution is 2.28. The fourth-order valence-electron chi connectivity index (χ4n) is 2.84. The largest absolute Gasteiger partial charge is 0.481 e. The standard InChI is InChI=1S/C19H21NO3/c1-13(19(22)23)12-20(17-8-9-17)18(21)11-14-6-7-15-4-2-3-5-16(15)10-14/h2-7,10,13,17H,8-9,11-12H2,1H3,(H,22,23). The number of aliphatic carboxylic acids is 1. The highest BCUT2D eigenvalue weighted by atomic mass is 16.4. The van der Waals surface area contributed by atoms with Crippen molar-refractivity contribution in [3.05, 3.63) is 48.0 Å². The Balaban J connectivity index is 1.73. The quantitative estimate of drug-likeness (QED) is 0.892. The molecule has 1 saturated carbocycles. The van der Waals surface area contributed by atoms with Gasteiger partial charge in [0.2, 0.25) is 5.91 Å². The summed E-state index contributed by atoms with van der Waals surface area (Å²) in [5, 5.41) is 11.4. The fraction of sp³-hybridized carbons (Fsp3) is 0.368. The van der Waals surface area contributed by atoms with Gasteiger partial charge in [0.1, 0.15) is 0 Å². The molecule has 1 atom stereocenters. The van der Waals surface area contributed by atoms with Crippen LogP contribution in [0.4, 0.5) is 0 Å². The lowest BCUT2D eigenvalue weighted by Gasteiger charge is -2.24. The van der Waals surface area contributed by atoms with E-state index in [0.29, 0.717) is 13.0 Å². The third-order valence-corrected chi connectivity index (χ3v) is 4.37. The molecule has 4 heteroatoms. The molecule has 0 heterocycles. The zero-order valence-corrected chi connectivity index (χ0v) is 13.2. The number of carboxylic acid groups (broad SMARTS) is 1. The Kier molecular flexibility index (Phi) is 4.33. The summed E-state index contributed by atoms with van der Waals surface area (Å²) in [6.07, 6.45) is 2.29. The minimum Gasteiger partial charge on any atom is -0.481 e. The van der Waals surface area contributed by atoms with E-state index in [4.69, 9.17) is 5.11 Å². The molecule has 3 rings (SSSR count). The maximum absolute atomic E-state index is 12.6. The first-order valence-electron chi connectivity index (χ1n) is 8.04. The Labute approximate surface area is 135 Å². The van der Waals surface area contributed by atoms with Gasteiger partial charge >= 0.3 is 5.97 Å². The second kappa shape index (κ2) is 6.41. The fourth-order valence-corrected chi connectivity index (χ4v) is 2.84. The van der Waals surface area contributed by atoms with Gasteiger partial charge in [0, 0.05) is 12.6 Å². The van der Waals surface area contributed by atoms with E-state index in [2.05, 4.69) is 0 Å². The maximum Gasteiger partial charge on any atom is 0.308 e. The zero-order valence-electron chi connectivity index (χ0n) is 13.2. The van der Waals surface area contributed by atoms with Crippen LogP contribution in [0.25, 0.3) is 10.8 Å². The van der Waals surface area contributed by atoms with E-state index in [0.717, 1.165) is 29.2 Å². The molecule has 1 fully saturated rings. The van der Waals surface area contributed by atoms with Crippen LogP contribution in [0.5, 0.6) is 0 Å². The lowest BCUT2D eigenvalue weighted by atomic mass is 10.0. The molecule has 23 heavy (non-hydrogen) atoms. The van der Waals surface area contributed by atoms with Crippen LogP contribution in [0.3, 0.4) is 0 Å². The average molecular weight is 311 g/mol. The van der Waals surface area contributed by atoms with E-state index in [1.807, 2.05) is 42.5 Å². The number of carboxylic acids is 1. The third kappa shape index (κ3) is 3.70. The normalized spacial score (nSPS) is 15.3. The number of carbonyl (C=O) groups excluding carboxylic acids is 1. The van der Waals surface area contributed by atoms with Crippen LogP contribution >= 0.6 is 0 Å². The van der Waals surface area contributed by atoms with Gasteiger partial charge in [0.05, 0.1) is 12.3 Å². The minimum absolute atomic E-state index is 0.0240. The molecular weight excluding hydrogens is 290 g/mol. The van der Waals surface area contributed by atoms with Crippen molar-refractivity contribution in [3.63, 3.8) is 0 Å². The molecule has 0 bridgehead atoms. The number of rotatable bonds is 6. The number of nitrogens with zero attached hydrogens (tertiary/aromatic N) is 1. The summed E-state index contributed by atoms with van der Waals surface area (Å²) in [6.45, 7) is 1.95. The number of hydrogen-bond donors (Lipinski definition) is 1. The lowest BCUT2D eigenvalue weighted by molar-refractivity contribution is -0.143. The molecule has 1 aliphatic carbocycles.